The van der Waals surface area contributed by atoms with Crippen LogP contribution < -0.4 is 0 Å². The second-order valence-electron chi connectivity index (χ2n) is 4.79. The van der Waals surface area contributed by atoms with E-state index in [1.807, 2.05) is 32.8 Å². The zero-order valence-corrected chi connectivity index (χ0v) is 12.0. The molecule has 2 amide bonds. The van der Waals surface area contributed by atoms with Crippen LogP contribution in [0, 0.1) is 0 Å². The lowest BCUT2D eigenvalue weighted by Crippen LogP contribution is -2.49. The lowest BCUT2D eigenvalue weighted by Gasteiger charge is -2.31. The number of carbonyl (C=O) groups excluding carboxylic acids is 1. The van der Waals surface area contributed by atoms with Gasteiger partial charge in [-0.2, -0.15) is 0 Å². The van der Waals surface area contributed by atoms with Crippen molar-refractivity contribution in [2.45, 2.75) is 26.3 Å². The number of likely N-dealkylation sites (N-methyl/N-ethyl adjacent to an activating group) is 2. The normalized spacial score (nSPS) is 12.3. The third-order valence-electron chi connectivity index (χ3n) is 2.88. The molecule has 0 fully saturated rings. The summed E-state index contributed by atoms with van der Waals surface area (Å²) in [5, 5.41) is 8.86. The number of nitrogens with zero attached hydrogens (tertiary/aromatic N) is 3. The van der Waals surface area contributed by atoms with Gasteiger partial charge in [-0.3, -0.25) is 4.79 Å². The van der Waals surface area contributed by atoms with E-state index in [1.54, 1.807) is 11.9 Å². The Balaban J connectivity index is 4.58. The highest BCUT2D eigenvalue weighted by atomic mass is 16.4. The van der Waals surface area contributed by atoms with Crippen molar-refractivity contribution in [3.8, 4) is 0 Å². The molecule has 0 rings (SSSR count). The summed E-state index contributed by atoms with van der Waals surface area (Å²) in [5.74, 6) is -0.982. The lowest BCUT2D eigenvalue weighted by molar-refractivity contribution is -0.138. The third kappa shape index (κ3) is 5.86. The Hall–Kier alpha value is -1.30. The second kappa shape index (κ2) is 7.92. The molecular weight excluding hydrogens is 234 g/mol. The number of urea groups is 1. The van der Waals surface area contributed by atoms with Crippen LogP contribution in [0.4, 0.5) is 4.79 Å². The smallest absolute Gasteiger partial charge is 0.323 e. The maximum absolute atomic E-state index is 12.2. The molecule has 6 nitrogen and oxygen atoms in total. The number of hydrogen-bond donors (Lipinski definition) is 1. The topological polar surface area (TPSA) is 64.1 Å². The summed E-state index contributed by atoms with van der Waals surface area (Å²) in [5.41, 5.74) is 0. The van der Waals surface area contributed by atoms with Crippen LogP contribution in [0.1, 0.15) is 20.3 Å². The van der Waals surface area contributed by atoms with Crippen LogP contribution in [0.5, 0.6) is 0 Å². The van der Waals surface area contributed by atoms with Crippen LogP contribution in [0.15, 0.2) is 0 Å². The van der Waals surface area contributed by atoms with E-state index < -0.39 is 5.97 Å². The molecule has 0 aliphatic carbocycles. The highest BCUT2D eigenvalue weighted by Gasteiger charge is 2.24. The summed E-state index contributed by atoms with van der Waals surface area (Å²) in [6.45, 7) is 4.88. The Morgan fingerprint density at radius 1 is 1.17 bits per heavy atom. The van der Waals surface area contributed by atoms with Crippen LogP contribution in [0.2, 0.25) is 0 Å². The molecule has 1 N–H and O–H groups in total. The van der Waals surface area contributed by atoms with Crippen molar-refractivity contribution in [1.29, 1.82) is 0 Å². The standard InChI is InChI=1S/C12H25N3O3/c1-6-10(2)15(9-11(16)17)12(18)14(5)8-7-13(3)4/h10H,6-9H2,1-5H3,(H,16,17). The summed E-state index contributed by atoms with van der Waals surface area (Å²) < 4.78 is 0. The van der Waals surface area contributed by atoms with E-state index in [0.29, 0.717) is 6.54 Å². The number of carbonyl (C=O) groups is 2. The number of carboxylic acid groups (broad SMARTS) is 1. The Labute approximate surface area is 109 Å². The fourth-order valence-electron chi connectivity index (χ4n) is 1.44. The lowest BCUT2D eigenvalue weighted by atomic mass is 10.2. The van der Waals surface area contributed by atoms with Crippen molar-refractivity contribution in [3.63, 3.8) is 0 Å². The maximum atomic E-state index is 12.2. The molecule has 0 aromatic heterocycles. The zero-order valence-electron chi connectivity index (χ0n) is 12.0. The van der Waals surface area contributed by atoms with Crippen molar-refractivity contribution in [3.05, 3.63) is 0 Å². The molecule has 106 valence electrons. The number of aliphatic carboxylic acids is 1. The van der Waals surface area contributed by atoms with Crippen LogP contribution >= 0.6 is 0 Å². The molecule has 0 aromatic rings. The maximum Gasteiger partial charge on any atom is 0.323 e. The van der Waals surface area contributed by atoms with Crippen molar-refractivity contribution >= 4 is 12.0 Å². The molecule has 0 aromatic carbocycles. The first kappa shape index (κ1) is 16.7. The van der Waals surface area contributed by atoms with Crippen LogP contribution in [-0.4, -0.2) is 78.6 Å². The molecule has 0 saturated heterocycles. The molecule has 0 aliphatic rings. The average molecular weight is 259 g/mol. The first-order chi connectivity index (χ1) is 8.29. The highest BCUT2D eigenvalue weighted by molar-refractivity contribution is 5.80. The summed E-state index contributed by atoms with van der Waals surface area (Å²) in [6, 6.07) is -0.302. The van der Waals surface area contributed by atoms with Crippen molar-refractivity contribution < 1.29 is 14.7 Å². The monoisotopic (exact) mass is 259 g/mol. The molecule has 1 atom stereocenters. The van der Waals surface area contributed by atoms with Crippen LogP contribution in [-0.2, 0) is 4.79 Å². The minimum absolute atomic E-state index is 0.0737. The molecule has 0 saturated carbocycles. The first-order valence-electron chi connectivity index (χ1n) is 6.17. The number of hydrogen-bond acceptors (Lipinski definition) is 3. The fourth-order valence-corrected chi connectivity index (χ4v) is 1.44. The van der Waals surface area contributed by atoms with Crippen molar-refractivity contribution in [2.75, 3.05) is 40.8 Å². The Kier molecular flexibility index (Phi) is 7.35. The van der Waals surface area contributed by atoms with E-state index in [1.165, 1.54) is 4.90 Å². The van der Waals surface area contributed by atoms with Gasteiger partial charge in [0.15, 0.2) is 0 Å². The molecule has 0 radical (unpaired) electrons. The minimum atomic E-state index is -0.982. The van der Waals surface area contributed by atoms with E-state index in [2.05, 4.69) is 0 Å². The van der Waals surface area contributed by atoms with Crippen LogP contribution in [0.25, 0.3) is 0 Å². The van der Waals surface area contributed by atoms with E-state index in [0.717, 1.165) is 13.0 Å². The Morgan fingerprint density at radius 2 is 1.72 bits per heavy atom. The quantitative estimate of drug-likeness (QED) is 0.734. The number of carboxylic acids is 1. The van der Waals surface area contributed by atoms with Gasteiger partial charge in [-0.15, -0.1) is 0 Å². The Bertz CT molecular complexity index is 282. The number of rotatable bonds is 7. The van der Waals surface area contributed by atoms with E-state index in [4.69, 9.17) is 5.11 Å². The summed E-state index contributed by atoms with van der Waals surface area (Å²) in [7, 11) is 5.56. The van der Waals surface area contributed by atoms with Gasteiger partial charge in [0.25, 0.3) is 0 Å². The van der Waals surface area contributed by atoms with E-state index in [-0.39, 0.29) is 18.6 Å². The molecule has 18 heavy (non-hydrogen) atoms. The average Bonchev–Trinajstić information content (AvgIpc) is 2.30. The molecule has 1 unspecified atom stereocenters. The predicted octanol–water partition coefficient (Wildman–Crippen LogP) is 0.785. The number of amides is 2. The van der Waals surface area contributed by atoms with Gasteiger partial charge in [0.1, 0.15) is 6.54 Å². The largest absolute Gasteiger partial charge is 0.480 e. The van der Waals surface area contributed by atoms with Gasteiger partial charge < -0.3 is 19.8 Å². The van der Waals surface area contributed by atoms with Gasteiger partial charge >= 0.3 is 12.0 Å². The second-order valence-corrected chi connectivity index (χ2v) is 4.79. The molecule has 6 heteroatoms. The fraction of sp³-hybridized carbons (Fsp3) is 0.833. The predicted molar refractivity (Wildman–Crippen MR) is 70.7 cm³/mol. The van der Waals surface area contributed by atoms with Gasteiger partial charge in [0, 0.05) is 26.2 Å². The summed E-state index contributed by atoms with van der Waals surface area (Å²) >= 11 is 0. The van der Waals surface area contributed by atoms with E-state index >= 15 is 0 Å². The van der Waals surface area contributed by atoms with Gasteiger partial charge in [-0.05, 0) is 27.4 Å². The van der Waals surface area contributed by atoms with Gasteiger partial charge in [-0.1, -0.05) is 6.92 Å². The highest BCUT2D eigenvalue weighted by Crippen LogP contribution is 2.07. The van der Waals surface area contributed by atoms with Gasteiger partial charge in [-0.25, -0.2) is 4.79 Å². The molecule has 0 aliphatic heterocycles. The molecular formula is C12H25N3O3. The molecule has 0 spiro atoms. The minimum Gasteiger partial charge on any atom is -0.480 e. The molecule has 0 heterocycles. The first-order valence-corrected chi connectivity index (χ1v) is 6.17. The zero-order chi connectivity index (χ0) is 14.3. The van der Waals surface area contributed by atoms with Crippen molar-refractivity contribution in [2.24, 2.45) is 0 Å². The van der Waals surface area contributed by atoms with Crippen LogP contribution in [0.3, 0.4) is 0 Å². The molecule has 0 bridgehead atoms. The SMILES string of the molecule is CCC(C)N(CC(=O)O)C(=O)N(C)CCN(C)C. The summed E-state index contributed by atoms with van der Waals surface area (Å²) in [6.07, 6.45) is 0.737. The van der Waals surface area contributed by atoms with Gasteiger partial charge in [0.2, 0.25) is 0 Å². The van der Waals surface area contributed by atoms with Crippen molar-refractivity contribution in [1.82, 2.24) is 14.7 Å². The summed E-state index contributed by atoms with van der Waals surface area (Å²) in [4.78, 5) is 27.9. The Morgan fingerprint density at radius 3 is 2.11 bits per heavy atom. The third-order valence-corrected chi connectivity index (χ3v) is 2.88. The van der Waals surface area contributed by atoms with Gasteiger partial charge in [0.05, 0.1) is 0 Å². The van der Waals surface area contributed by atoms with E-state index in [9.17, 15) is 9.59 Å².